The van der Waals surface area contributed by atoms with Crippen molar-refractivity contribution >= 4 is 17.5 Å². The maximum atomic E-state index is 13.1. The van der Waals surface area contributed by atoms with Crippen LogP contribution in [0.1, 0.15) is 18.1 Å². The van der Waals surface area contributed by atoms with Crippen molar-refractivity contribution in [3.8, 4) is 5.75 Å². The van der Waals surface area contributed by atoms with Crippen molar-refractivity contribution in [2.24, 2.45) is 0 Å². The largest absolute Gasteiger partial charge is 0.496 e. The van der Waals surface area contributed by atoms with Crippen molar-refractivity contribution in [2.45, 2.75) is 19.6 Å². The minimum absolute atomic E-state index is 0.0139. The van der Waals surface area contributed by atoms with E-state index in [0.29, 0.717) is 17.2 Å². The third-order valence-corrected chi connectivity index (χ3v) is 4.50. The molecule has 0 radical (unpaired) electrons. The molecule has 0 fully saturated rings. The highest BCUT2D eigenvalue weighted by molar-refractivity contribution is 5.92. The summed E-state index contributed by atoms with van der Waals surface area (Å²) in [5.74, 6) is -0.220. The maximum Gasteiger partial charge on any atom is 0.418 e. The molecular weight excluding hydrogens is 399 g/mol. The molecule has 0 spiro atoms. The van der Waals surface area contributed by atoms with E-state index in [9.17, 15) is 22.8 Å². The summed E-state index contributed by atoms with van der Waals surface area (Å²) in [4.78, 5) is 25.1. The molecule has 0 aliphatic heterocycles. The Labute approximate surface area is 173 Å². The van der Waals surface area contributed by atoms with Gasteiger partial charge >= 0.3 is 6.18 Å². The summed E-state index contributed by atoms with van der Waals surface area (Å²) in [6.45, 7) is 2.39. The van der Waals surface area contributed by atoms with Crippen LogP contribution in [-0.2, 0) is 22.3 Å². The first-order chi connectivity index (χ1) is 14.2. The number of hydrogen-bond donors (Lipinski definition) is 3. The molecular formula is C21H25F3N3O3+. The summed E-state index contributed by atoms with van der Waals surface area (Å²) >= 11 is 0. The van der Waals surface area contributed by atoms with E-state index in [1.54, 1.807) is 20.1 Å². The van der Waals surface area contributed by atoms with Crippen molar-refractivity contribution in [3.05, 3.63) is 59.7 Å². The number of hydrogen-bond acceptors (Lipinski definition) is 3. The average Bonchev–Trinajstić information content (AvgIpc) is 2.71. The first-order valence-electron chi connectivity index (χ1n) is 9.42. The lowest BCUT2D eigenvalue weighted by Crippen LogP contribution is -3.14. The van der Waals surface area contributed by atoms with E-state index in [1.807, 2.05) is 18.2 Å². The van der Waals surface area contributed by atoms with Gasteiger partial charge in [0.05, 0.1) is 24.9 Å². The van der Waals surface area contributed by atoms with Gasteiger partial charge in [0.25, 0.3) is 11.8 Å². The molecule has 0 bridgehead atoms. The van der Waals surface area contributed by atoms with Crippen LogP contribution in [-0.4, -0.2) is 38.6 Å². The first-order valence-corrected chi connectivity index (χ1v) is 9.42. The molecule has 2 aromatic carbocycles. The third kappa shape index (κ3) is 6.77. The highest BCUT2D eigenvalue weighted by Gasteiger charge is 2.33. The quantitative estimate of drug-likeness (QED) is 0.576. The number of rotatable bonds is 9. The Morgan fingerprint density at radius 1 is 1.00 bits per heavy atom. The van der Waals surface area contributed by atoms with Gasteiger partial charge in [0.2, 0.25) is 0 Å². The van der Waals surface area contributed by atoms with Gasteiger partial charge in [-0.25, -0.2) is 0 Å². The van der Waals surface area contributed by atoms with Crippen LogP contribution in [0.4, 0.5) is 18.9 Å². The number of methoxy groups -OCH3 is 1. The Bertz CT molecular complexity index is 872. The first kappa shape index (κ1) is 23.2. The van der Waals surface area contributed by atoms with Gasteiger partial charge < -0.3 is 20.3 Å². The summed E-state index contributed by atoms with van der Waals surface area (Å²) in [5.41, 5.74) is -0.398. The van der Waals surface area contributed by atoms with Crippen molar-refractivity contribution < 1.29 is 32.4 Å². The van der Waals surface area contributed by atoms with Crippen LogP contribution in [0.3, 0.4) is 0 Å². The normalized spacial score (nSPS) is 12.2. The summed E-state index contributed by atoms with van der Waals surface area (Å²) in [5, 5.41) is 5.07. The number of likely N-dealkylation sites (N-methyl/N-ethyl adjacent to an activating group) is 1. The lowest BCUT2D eigenvalue weighted by Gasteiger charge is -2.18. The molecule has 0 aliphatic carbocycles. The fourth-order valence-electron chi connectivity index (χ4n) is 2.91. The van der Waals surface area contributed by atoms with Gasteiger partial charge in [0.15, 0.2) is 13.1 Å². The fourth-order valence-corrected chi connectivity index (χ4v) is 2.91. The number of anilines is 1. The Morgan fingerprint density at radius 2 is 1.63 bits per heavy atom. The van der Waals surface area contributed by atoms with Gasteiger partial charge in [-0.3, -0.25) is 9.59 Å². The van der Waals surface area contributed by atoms with Gasteiger partial charge in [0.1, 0.15) is 5.75 Å². The van der Waals surface area contributed by atoms with E-state index >= 15 is 0 Å². The second-order valence-electron chi connectivity index (χ2n) is 6.64. The number of para-hydroxylation sites is 2. The molecule has 2 aromatic rings. The molecule has 2 amide bonds. The second-order valence-corrected chi connectivity index (χ2v) is 6.64. The zero-order chi connectivity index (χ0) is 22.1. The second kappa shape index (κ2) is 10.6. The zero-order valence-corrected chi connectivity index (χ0v) is 16.8. The number of halogens is 3. The molecule has 0 aliphatic rings. The molecule has 3 N–H and O–H groups in total. The highest BCUT2D eigenvalue weighted by Crippen LogP contribution is 2.34. The Balaban J connectivity index is 1.91. The highest BCUT2D eigenvalue weighted by atomic mass is 19.4. The molecule has 1 unspecified atom stereocenters. The third-order valence-electron chi connectivity index (χ3n) is 4.50. The standard InChI is InChI=1S/C21H24F3N3O3/c1-3-27(13-19(28)25-12-15-8-4-7-11-18(15)30-2)14-20(29)26-17-10-6-5-9-16(17)21(22,23)24/h4-11H,3,12-14H2,1-2H3,(H,25,28)(H,26,29)/p+1. The number of amides is 2. The molecule has 30 heavy (non-hydrogen) atoms. The van der Waals surface area contributed by atoms with E-state index in [-0.39, 0.29) is 31.2 Å². The molecule has 0 saturated carbocycles. The SMILES string of the molecule is CC[NH+](CC(=O)NCc1ccccc1OC)CC(=O)Nc1ccccc1C(F)(F)F. The van der Waals surface area contributed by atoms with E-state index in [1.165, 1.54) is 18.2 Å². The minimum atomic E-state index is -4.57. The van der Waals surface area contributed by atoms with Gasteiger partial charge in [-0.15, -0.1) is 0 Å². The number of quaternary nitrogens is 1. The van der Waals surface area contributed by atoms with Crippen LogP contribution < -0.4 is 20.3 Å². The van der Waals surface area contributed by atoms with Crippen molar-refractivity contribution in [2.75, 3.05) is 32.1 Å². The smallest absolute Gasteiger partial charge is 0.418 e. The molecule has 9 heteroatoms. The topological polar surface area (TPSA) is 71.9 Å². The number of carbonyl (C=O) groups is 2. The molecule has 162 valence electrons. The van der Waals surface area contributed by atoms with E-state index in [4.69, 9.17) is 4.74 Å². The number of ether oxygens (including phenoxy) is 1. The fraction of sp³-hybridized carbons (Fsp3) is 0.333. The van der Waals surface area contributed by atoms with Gasteiger partial charge in [-0.2, -0.15) is 13.2 Å². The van der Waals surface area contributed by atoms with Crippen LogP contribution in [0.5, 0.6) is 5.75 Å². The molecule has 0 aromatic heterocycles. The Kier molecular flexibility index (Phi) is 8.23. The van der Waals surface area contributed by atoms with Crippen molar-refractivity contribution in [1.82, 2.24) is 5.32 Å². The summed E-state index contributed by atoms with van der Waals surface area (Å²) in [7, 11) is 1.54. The zero-order valence-electron chi connectivity index (χ0n) is 16.8. The predicted octanol–water partition coefficient (Wildman–Crippen LogP) is 1.87. The van der Waals surface area contributed by atoms with Crippen LogP contribution in [0.15, 0.2) is 48.5 Å². The van der Waals surface area contributed by atoms with E-state index in [2.05, 4.69) is 10.6 Å². The summed E-state index contributed by atoms with van der Waals surface area (Å²) in [6.07, 6.45) is -4.57. The summed E-state index contributed by atoms with van der Waals surface area (Å²) < 4.78 is 44.4. The number of benzene rings is 2. The lowest BCUT2D eigenvalue weighted by molar-refractivity contribution is -0.881. The average molecular weight is 424 g/mol. The minimum Gasteiger partial charge on any atom is -0.496 e. The van der Waals surface area contributed by atoms with Crippen LogP contribution in [0.2, 0.25) is 0 Å². The molecule has 1 atom stereocenters. The molecule has 2 rings (SSSR count). The van der Waals surface area contributed by atoms with Crippen molar-refractivity contribution in [3.63, 3.8) is 0 Å². The lowest BCUT2D eigenvalue weighted by atomic mass is 10.1. The Morgan fingerprint density at radius 3 is 2.30 bits per heavy atom. The number of alkyl halides is 3. The predicted molar refractivity (Wildman–Crippen MR) is 106 cm³/mol. The Hall–Kier alpha value is -3.07. The van der Waals surface area contributed by atoms with Gasteiger partial charge in [-0.1, -0.05) is 30.3 Å². The molecule has 6 nitrogen and oxygen atoms in total. The molecule has 0 heterocycles. The number of nitrogens with one attached hydrogen (secondary N) is 3. The van der Waals surface area contributed by atoms with E-state index < -0.39 is 17.6 Å². The van der Waals surface area contributed by atoms with Crippen LogP contribution >= 0.6 is 0 Å². The van der Waals surface area contributed by atoms with Gasteiger partial charge in [0, 0.05) is 12.1 Å². The molecule has 0 saturated heterocycles. The van der Waals surface area contributed by atoms with Crippen molar-refractivity contribution in [1.29, 1.82) is 0 Å². The monoisotopic (exact) mass is 424 g/mol. The van der Waals surface area contributed by atoms with Crippen LogP contribution in [0.25, 0.3) is 0 Å². The van der Waals surface area contributed by atoms with Crippen LogP contribution in [0, 0.1) is 0 Å². The summed E-state index contributed by atoms with van der Waals surface area (Å²) in [6, 6.07) is 12.1. The van der Waals surface area contributed by atoms with E-state index in [0.717, 1.165) is 11.6 Å². The van der Waals surface area contributed by atoms with Gasteiger partial charge in [-0.05, 0) is 25.1 Å². The number of carbonyl (C=O) groups excluding carboxylic acids is 2. The maximum absolute atomic E-state index is 13.1.